The van der Waals surface area contributed by atoms with E-state index in [4.69, 9.17) is 0 Å². The summed E-state index contributed by atoms with van der Waals surface area (Å²) < 4.78 is 0. The molecular weight excluding hydrogens is 150 g/mol. The minimum Gasteiger partial charge on any atom is -0.391 e. The van der Waals surface area contributed by atoms with Crippen molar-refractivity contribution < 1.29 is 5.11 Å². The van der Waals surface area contributed by atoms with Gasteiger partial charge in [0.25, 0.3) is 0 Å². The maximum absolute atomic E-state index is 9.84. The number of nitrogens with zero attached hydrogens (tertiary/aromatic N) is 1. The standard InChI is InChI=1S/C10H19NO/c1-2-11-8-4-3-5-10(12)9(11)7-6-8/h8-10,12H,2-7H2,1H3/t8?,9?,10-/m0/s1. The molecule has 0 amide bonds. The number of fused-ring (bicyclic) bond motifs is 2. The second-order valence-corrected chi connectivity index (χ2v) is 4.13. The number of aliphatic hydroxyl groups is 1. The Balaban J connectivity index is 2.12. The van der Waals surface area contributed by atoms with E-state index in [2.05, 4.69) is 11.8 Å². The van der Waals surface area contributed by atoms with Crippen molar-refractivity contribution in [3.8, 4) is 0 Å². The minimum absolute atomic E-state index is 0.0440. The highest BCUT2D eigenvalue weighted by Gasteiger charge is 2.38. The number of aliphatic hydroxyl groups excluding tert-OH is 1. The first-order chi connectivity index (χ1) is 5.83. The molecule has 2 heteroatoms. The van der Waals surface area contributed by atoms with Crippen LogP contribution in [0.25, 0.3) is 0 Å². The average molecular weight is 169 g/mol. The van der Waals surface area contributed by atoms with Crippen molar-refractivity contribution in [3.05, 3.63) is 0 Å². The van der Waals surface area contributed by atoms with Gasteiger partial charge in [-0.1, -0.05) is 6.92 Å². The van der Waals surface area contributed by atoms with Crippen LogP contribution < -0.4 is 0 Å². The molecule has 2 nitrogen and oxygen atoms in total. The van der Waals surface area contributed by atoms with Crippen LogP contribution >= 0.6 is 0 Å². The van der Waals surface area contributed by atoms with Crippen molar-refractivity contribution in [2.24, 2.45) is 0 Å². The molecule has 2 fully saturated rings. The van der Waals surface area contributed by atoms with Gasteiger partial charge in [0.05, 0.1) is 6.10 Å². The van der Waals surface area contributed by atoms with Crippen molar-refractivity contribution in [2.45, 2.75) is 57.2 Å². The van der Waals surface area contributed by atoms with E-state index in [1.54, 1.807) is 0 Å². The second kappa shape index (κ2) is 3.35. The lowest BCUT2D eigenvalue weighted by Crippen LogP contribution is -2.40. The molecule has 2 aliphatic heterocycles. The molecular formula is C10H19NO. The van der Waals surface area contributed by atoms with Gasteiger partial charge in [0.15, 0.2) is 0 Å². The quantitative estimate of drug-likeness (QED) is 0.641. The zero-order valence-electron chi connectivity index (χ0n) is 7.87. The highest BCUT2D eigenvalue weighted by molar-refractivity contribution is 4.93. The predicted molar refractivity (Wildman–Crippen MR) is 49.0 cm³/mol. The molecule has 0 saturated carbocycles. The van der Waals surface area contributed by atoms with E-state index in [0.29, 0.717) is 6.04 Å². The Morgan fingerprint density at radius 2 is 2.08 bits per heavy atom. The molecule has 0 aromatic carbocycles. The lowest BCUT2D eigenvalue weighted by Gasteiger charge is -2.28. The molecule has 2 aliphatic rings. The summed E-state index contributed by atoms with van der Waals surface area (Å²) in [5.41, 5.74) is 0. The molecule has 2 rings (SSSR count). The molecule has 3 atom stereocenters. The molecule has 0 aromatic heterocycles. The number of hydrogen-bond donors (Lipinski definition) is 1. The van der Waals surface area contributed by atoms with E-state index in [0.717, 1.165) is 19.0 Å². The first kappa shape index (κ1) is 8.52. The Morgan fingerprint density at radius 3 is 2.83 bits per heavy atom. The minimum atomic E-state index is -0.0440. The van der Waals surface area contributed by atoms with Gasteiger partial charge in [-0.15, -0.1) is 0 Å². The Kier molecular flexibility index (Phi) is 2.37. The van der Waals surface area contributed by atoms with E-state index in [9.17, 15) is 5.11 Å². The van der Waals surface area contributed by atoms with Crippen LogP contribution in [0.2, 0.25) is 0 Å². The molecule has 70 valence electrons. The Hall–Kier alpha value is -0.0800. The fourth-order valence-electron chi connectivity index (χ4n) is 2.94. The van der Waals surface area contributed by atoms with Crippen LogP contribution in [0.4, 0.5) is 0 Å². The summed E-state index contributed by atoms with van der Waals surface area (Å²) in [6, 6.07) is 1.28. The zero-order valence-corrected chi connectivity index (χ0v) is 7.87. The monoisotopic (exact) mass is 169 g/mol. The van der Waals surface area contributed by atoms with Crippen molar-refractivity contribution in [2.75, 3.05) is 6.54 Å². The Morgan fingerprint density at radius 1 is 1.25 bits per heavy atom. The summed E-state index contributed by atoms with van der Waals surface area (Å²) in [6.07, 6.45) is 6.05. The second-order valence-electron chi connectivity index (χ2n) is 4.13. The number of hydrogen-bond acceptors (Lipinski definition) is 2. The third-order valence-corrected chi connectivity index (χ3v) is 3.54. The van der Waals surface area contributed by atoms with Gasteiger partial charge in [0, 0.05) is 12.1 Å². The van der Waals surface area contributed by atoms with Gasteiger partial charge >= 0.3 is 0 Å². The summed E-state index contributed by atoms with van der Waals surface area (Å²) in [4.78, 5) is 2.51. The lowest BCUT2D eigenvalue weighted by atomic mass is 9.99. The molecule has 0 spiro atoms. The molecule has 2 heterocycles. The summed E-state index contributed by atoms with van der Waals surface area (Å²) in [6.45, 7) is 3.33. The van der Waals surface area contributed by atoms with Crippen molar-refractivity contribution >= 4 is 0 Å². The first-order valence-corrected chi connectivity index (χ1v) is 5.26. The maximum atomic E-state index is 9.84. The Bertz CT molecular complexity index is 160. The zero-order chi connectivity index (χ0) is 8.55. The lowest BCUT2D eigenvalue weighted by molar-refractivity contribution is 0.0697. The summed E-state index contributed by atoms with van der Waals surface area (Å²) in [5, 5.41) is 9.84. The molecule has 12 heavy (non-hydrogen) atoms. The molecule has 2 unspecified atom stereocenters. The molecule has 0 aliphatic carbocycles. The van der Waals surface area contributed by atoms with Crippen LogP contribution in [-0.2, 0) is 0 Å². The van der Waals surface area contributed by atoms with Crippen LogP contribution in [0.15, 0.2) is 0 Å². The van der Waals surface area contributed by atoms with E-state index in [1.165, 1.54) is 25.7 Å². The fraction of sp³-hybridized carbons (Fsp3) is 1.00. The van der Waals surface area contributed by atoms with Crippen molar-refractivity contribution in [3.63, 3.8) is 0 Å². The molecule has 2 bridgehead atoms. The van der Waals surface area contributed by atoms with Crippen LogP contribution in [0, 0.1) is 0 Å². The summed E-state index contributed by atoms with van der Waals surface area (Å²) in [5.74, 6) is 0. The van der Waals surface area contributed by atoms with Crippen molar-refractivity contribution in [1.29, 1.82) is 0 Å². The van der Waals surface area contributed by atoms with Gasteiger partial charge in [0.2, 0.25) is 0 Å². The fourth-order valence-corrected chi connectivity index (χ4v) is 2.94. The largest absolute Gasteiger partial charge is 0.391 e. The average Bonchev–Trinajstić information content (AvgIpc) is 2.38. The van der Waals surface area contributed by atoms with Crippen molar-refractivity contribution in [1.82, 2.24) is 4.90 Å². The molecule has 0 radical (unpaired) electrons. The smallest absolute Gasteiger partial charge is 0.0695 e. The molecule has 1 N–H and O–H groups in total. The third-order valence-electron chi connectivity index (χ3n) is 3.54. The van der Waals surface area contributed by atoms with E-state index in [-0.39, 0.29) is 6.10 Å². The summed E-state index contributed by atoms with van der Waals surface area (Å²) >= 11 is 0. The van der Waals surface area contributed by atoms with Crippen LogP contribution in [-0.4, -0.2) is 34.7 Å². The topological polar surface area (TPSA) is 23.5 Å². The third kappa shape index (κ3) is 1.27. The molecule has 0 aromatic rings. The number of likely N-dealkylation sites (N-methyl/N-ethyl adjacent to an activating group) is 1. The summed E-state index contributed by atoms with van der Waals surface area (Å²) in [7, 11) is 0. The van der Waals surface area contributed by atoms with Gasteiger partial charge in [0.1, 0.15) is 0 Å². The van der Waals surface area contributed by atoms with Gasteiger partial charge in [-0.05, 0) is 38.6 Å². The highest BCUT2D eigenvalue weighted by Crippen LogP contribution is 2.33. The number of rotatable bonds is 1. The SMILES string of the molecule is CCN1C2CCC[C@H](O)C1CC2. The van der Waals surface area contributed by atoms with Crippen LogP contribution in [0.5, 0.6) is 0 Å². The van der Waals surface area contributed by atoms with Crippen LogP contribution in [0.3, 0.4) is 0 Å². The van der Waals surface area contributed by atoms with E-state index < -0.39 is 0 Å². The first-order valence-electron chi connectivity index (χ1n) is 5.26. The van der Waals surface area contributed by atoms with E-state index >= 15 is 0 Å². The maximum Gasteiger partial charge on any atom is 0.0695 e. The van der Waals surface area contributed by atoms with Gasteiger partial charge in [-0.2, -0.15) is 0 Å². The van der Waals surface area contributed by atoms with Gasteiger partial charge in [-0.3, -0.25) is 4.90 Å². The van der Waals surface area contributed by atoms with Crippen LogP contribution in [0.1, 0.15) is 39.0 Å². The van der Waals surface area contributed by atoms with Gasteiger partial charge < -0.3 is 5.11 Å². The normalized spacial score (nSPS) is 43.0. The highest BCUT2D eigenvalue weighted by atomic mass is 16.3. The van der Waals surface area contributed by atoms with Gasteiger partial charge in [-0.25, -0.2) is 0 Å². The molecule has 2 saturated heterocycles. The predicted octanol–water partition coefficient (Wildman–Crippen LogP) is 1.38. The van der Waals surface area contributed by atoms with E-state index in [1.807, 2.05) is 0 Å². The Labute approximate surface area is 74.6 Å².